The predicted molar refractivity (Wildman–Crippen MR) is 99.5 cm³/mol. The summed E-state index contributed by atoms with van der Waals surface area (Å²) in [5, 5.41) is 6.09. The Balaban J connectivity index is 1.79. The monoisotopic (exact) mass is 380 g/mol. The fourth-order valence-corrected chi connectivity index (χ4v) is 2.58. The SMILES string of the molecule is Cc1cccc(NC(=O)CNC(=O)COc2cc(Cl)cc(Cl)c2)c1C. The van der Waals surface area contributed by atoms with Crippen LogP contribution in [0.2, 0.25) is 10.0 Å². The summed E-state index contributed by atoms with van der Waals surface area (Å²) in [6.45, 7) is 3.50. The van der Waals surface area contributed by atoms with Crippen molar-refractivity contribution in [2.75, 3.05) is 18.5 Å². The van der Waals surface area contributed by atoms with E-state index in [1.54, 1.807) is 18.2 Å². The normalized spacial score (nSPS) is 10.2. The first kappa shape index (κ1) is 19.1. The molecule has 0 aliphatic carbocycles. The predicted octanol–water partition coefficient (Wildman–Crippen LogP) is 3.74. The molecule has 0 saturated carbocycles. The third-order valence-electron chi connectivity index (χ3n) is 3.53. The van der Waals surface area contributed by atoms with Crippen LogP contribution < -0.4 is 15.4 Å². The fraction of sp³-hybridized carbons (Fsp3) is 0.222. The van der Waals surface area contributed by atoms with Crippen molar-refractivity contribution in [1.82, 2.24) is 5.32 Å². The Labute approximate surface area is 156 Å². The molecular formula is C18H18Cl2N2O3. The zero-order valence-electron chi connectivity index (χ0n) is 13.9. The summed E-state index contributed by atoms with van der Waals surface area (Å²) in [6.07, 6.45) is 0. The maximum absolute atomic E-state index is 11.9. The average molecular weight is 381 g/mol. The maximum Gasteiger partial charge on any atom is 0.258 e. The number of ether oxygens (including phenoxy) is 1. The van der Waals surface area contributed by atoms with Crippen LogP contribution in [0.3, 0.4) is 0 Å². The molecule has 2 rings (SSSR count). The maximum atomic E-state index is 11.9. The molecule has 0 aromatic heterocycles. The fourth-order valence-electron chi connectivity index (χ4n) is 2.07. The summed E-state index contributed by atoms with van der Waals surface area (Å²) >= 11 is 11.7. The number of aryl methyl sites for hydroxylation is 1. The average Bonchev–Trinajstić information content (AvgIpc) is 2.54. The second kappa shape index (κ2) is 8.74. The quantitative estimate of drug-likeness (QED) is 0.801. The largest absolute Gasteiger partial charge is 0.484 e. The molecule has 0 fully saturated rings. The van der Waals surface area contributed by atoms with Gasteiger partial charge in [-0.25, -0.2) is 0 Å². The molecule has 0 saturated heterocycles. The van der Waals surface area contributed by atoms with Crippen LogP contribution in [0, 0.1) is 13.8 Å². The molecule has 132 valence electrons. The molecule has 0 heterocycles. The van der Waals surface area contributed by atoms with Gasteiger partial charge in [0.1, 0.15) is 5.75 Å². The van der Waals surface area contributed by atoms with E-state index in [4.69, 9.17) is 27.9 Å². The first-order chi connectivity index (χ1) is 11.8. The molecule has 0 atom stereocenters. The Bertz CT molecular complexity index is 774. The van der Waals surface area contributed by atoms with Crippen LogP contribution in [0.5, 0.6) is 5.75 Å². The van der Waals surface area contributed by atoms with E-state index in [9.17, 15) is 9.59 Å². The molecule has 0 bridgehead atoms. The van der Waals surface area contributed by atoms with Crippen molar-refractivity contribution in [3.63, 3.8) is 0 Å². The highest BCUT2D eigenvalue weighted by Gasteiger charge is 2.09. The number of nitrogens with one attached hydrogen (secondary N) is 2. The van der Waals surface area contributed by atoms with Gasteiger partial charge in [0.05, 0.1) is 6.54 Å². The van der Waals surface area contributed by atoms with Gasteiger partial charge in [0.2, 0.25) is 5.91 Å². The van der Waals surface area contributed by atoms with Crippen LogP contribution >= 0.6 is 23.2 Å². The highest BCUT2D eigenvalue weighted by atomic mass is 35.5. The van der Waals surface area contributed by atoms with Crippen LogP contribution in [0.1, 0.15) is 11.1 Å². The number of hydrogen-bond acceptors (Lipinski definition) is 3. The van der Waals surface area contributed by atoms with Crippen molar-refractivity contribution >= 4 is 40.7 Å². The zero-order chi connectivity index (χ0) is 18.4. The van der Waals surface area contributed by atoms with Crippen molar-refractivity contribution in [2.45, 2.75) is 13.8 Å². The molecule has 7 heteroatoms. The minimum absolute atomic E-state index is 0.147. The Morgan fingerprint density at radius 2 is 1.72 bits per heavy atom. The molecule has 5 nitrogen and oxygen atoms in total. The van der Waals surface area contributed by atoms with Gasteiger partial charge in [0, 0.05) is 15.7 Å². The van der Waals surface area contributed by atoms with E-state index in [2.05, 4.69) is 10.6 Å². The molecular weight excluding hydrogens is 363 g/mol. The van der Waals surface area contributed by atoms with Gasteiger partial charge in [-0.2, -0.15) is 0 Å². The Hall–Kier alpha value is -2.24. The lowest BCUT2D eigenvalue weighted by Gasteiger charge is -2.11. The first-order valence-corrected chi connectivity index (χ1v) is 8.32. The van der Waals surface area contributed by atoms with Crippen LogP contribution in [-0.4, -0.2) is 25.0 Å². The number of halogens is 2. The number of anilines is 1. The second-order valence-electron chi connectivity index (χ2n) is 5.47. The van der Waals surface area contributed by atoms with E-state index in [0.717, 1.165) is 16.8 Å². The smallest absolute Gasteiger partial charge is 0.258 e. The van der Waals surface area contributed by atoms with E-state index in [0.29, 0.717) is 15.8 Å². The lowest BCUT2D eigenvalue weighted by molar-refractivity contribution is -0.125. The molecule has 2 amide bonds. The van der Waals surface area contributed by atoms with E-state index >= 15 is 0 Å². The number of benzene rings is 2. The van der Waals surface area contributed by atoms with E-state index in [1.165, 1.54) is 0 Å². The standard InChI is InChI=1S/C18H18Cl2N2O3/c1-11-4-3-5-16(12(11)2)22-17(23)9-21-18(24)10-25-15-7-13(19)6-14(20)8-15/h3-8H,9-10H2,1-2H3,(H,21,24)(H,22,23). The van der Waals surface area contributed by atoms with Crippen molar-refractivity contribution in [2.24, 2.45) is 0 Å². The molecule has 0 radical (unpaired) electrons. The highest BCUT2D eigenvalue weighted by Crippen LogP contribution is 2.24. The molecule has 2 N–H and O–H groups in total. The van der Waals surface area contributed by atoms with Crippen LogP contribution in [-0.2, 0) is 9.59 Å². The molecule has 0 aliphatic rings. The topological polar surface area (TPSA) is 67.4 Å². The number of rotatable bonds is 6. The Morgan fingerprint density at radius 1 is 1.04 bits per heavy atom. The number of carbonyl (C=O) groups is 2. The van der Waals surface area contributed by atoms with Gasteiger partial charge in [-0.1, -0.05) is 35.3 Å². The number of amides is 2. The summed E-state index contributed by atoms with van der Waals surface area (Å²) < 4.78 is 5.30. The zero-order valence-corrected chi connectivity index (χ0v) is 15.4. The molecule has 25 heavy (non-hydrogen) atoms. The van der Waals surface area contributed by atoms with E-state index < -0.39 is 5.91 Å². The second-order valence-corrected chi connectivity index (χ2v) is 6.34. The van der Waals surface area contributed by atoms with Crippen LogP contribution in [0.4, 0.5) is 5.69 Å². The lowest BCUT2D eigenvalue weighted by Crippen LogP contribution is -2.35. The van der Waals surface area contributed by atoms with Crippen molar-refractivity contribution < 1.29 is 14.3 Å². The third kappa shape index (κ3) is 5.96. The van der Waals surface area contributed by atoms with Gasteiger partial charge in [-0.15, -0.1) is 0 Å². The lowest BCUT2D eigenvalue weighted by atomic mass is 10.1. The third-order valence-corrected chi connectivity index (χ3v) is 3.97. The van der Waals surface area contributed by atoms with Crippen molar-refractivity contribution in [1.29, 1.82) is 0 Å². The molecule has 0 aliphatic heterocycles. The van der Waals surface area contributed by atoms with Gasteiger partial charge in [0.25, 0.3) is 5.91 Å². The van der Waals surface area contributed by atoms with Gasteiger partial charge in [-0.05, 0) is 49.2 Å². The Morgan fingerprint density at radius 3 is 2.40 bits per heavy atom. The molecule has 0 unspecified atom stereocenters. The van der Waals surface area contributed by atoms with Gasteiger partial charge < -0.3 is 15.4 Å². The molecule has 0 spiro atoms. The number of carbonyl (C=O) groups excluding carboxylic acids is 2. The highest BCUT2D eigenvalue weighted by molar-refractivity contribution is 6.34. The minimum Gasteiger partial charge on any atom is -0.484 e. The molecule has 2 aromatic rings. The van der Waals surface area contributed by atoms with Gasteiger partial charge in [-0.3, -0.25) is 9.59 Å². The van der Waals surface area contributed by atoms with Crippen molar-refractivity contribution in [3.8, 4) is 5.75 Å². The summed E-state index contributed by atoms with van der Waals surface area (Å²) in [4.78, 5) is 23.7. The van der Waals surface area contributed by atoms with Crippen LogP contribution in [0.15, 0.2) is 36.4 Å². The number of hydrogen-bond donors (Lipinski definition) is 2. The van der Waals surface area contributed by atoms with E-state index in [1.807, 2.05) is 32.0 Å². The van der Waals surface area contributed by atoms with Gasteiger partial charge in [0.15, 0.2) is 6.61 Å². The minimum atomic E-state index is -0.424. The van der Waals surface area contributed by atoms with E-state index in [-0.39, 0.29) is 19.1 Å². The summed E-state index contributed by atoms with van der Waals surface area (Å²) in [6, 6.07) is 10.3. The molecule has 2 aromatic carbocycles. The van der Waals surface area contributed by atoms with Gasteiger partial charge >= 0.3 is 0 Å². The summed E-state index contributed by atoms with van der Waals surface area (Å²) in [5.41, 5.74) is 2.79. The Kier molecular flexibility index (Phi) is 6.67. The summed E-state index contributed by atoms with van der Waals surface area (Å²) in [5.74, 6) is -0.354. The van der Waals surface area contributed by atoms with Crippen molar-refractivity contribution in [3.05, 3.63) is 57.6 Å². The van der Waals surface area contributed by atoms with Crippen LogP contribution in [0.25, 0.3) is 0 Å². The first-order valence-electron chi connectivity index (χ1n) is 7.57. The summed E-state index contributed by atoms with van der Waals surface area (Å²) in [7, 11) is 0.